The van der Waals surface area contributed by atoms with Crippen molar-refractivity contribution in [3.05, 3.63) is 143 Å². The molecule has 2 saturated carbocycles. The molecule has 63 heavy (non-hydrogen) atoms. The Kier molecular flexibility index (Phi) is 16.3. The minimum Gasteiger partial charge on any atom is -0.550 e. The van der Waals surface area contributed by atoms with Gasteiger partial charge in [-0.15, -0.1) is 0 Å². The van der Waals surface area contributed by atoms with Crippen molar-refractivity contribution in [1.29, 1.82) is 0 Å². The largest absolute Gasteiger partial charge is 2.00 e. The summed E-state index contributed by atoms with van der Waals surface area (Å²) in [4.78, 5) is 31.0. The molecule has 2 aliphatic carbocycles. The second-order valence-electron chi connectivity index (χ2n) is 16.0. The van der Waals surface area contributed by atoms with Gasteiger partial charge in [0.25, 0.3) is 0 Å². The van der Waals surface area contributed by atoms with E-state index in [0.29, 0.717) is 11.8 Å². The zero-order valence-electron chi connectivity index (χ0n) is 34.4. The van der Waals surface area contributed by atoms with Crippen LogP contribution in [0.3, 0.4) is 0 Å². The van der Waals surface area contributed by atoms with Crippen LogP contribution in [-0.4, -0.2) is 104 Å². The summed E-state index contributed by atoms with van der Waals surface area (Å²) in [5.74, 6) is -2.72. The molecule has 0 aliphatic heterocycles. The Labute approximate surface area is 393 Å². The van der Waals surface area contributed by atoms with E-state index in [1.54, 1.807) is 48.6 Å². The molecule has 2 heterocycles. The maximum Gasteiger partial charge on any atom is 2.00 e. The number of hydrogen-bond donors (Lipinski definition) is 4. The molecule has 2 aliphatic rings. The molecular weight excluding hydrogens is 835 g/mol. The minimum atomic E-state index is -1.36. The molecular formula is C50H46CaF2N2O8. The van der Waals surface area contributed by atoms with Crippen LogP contribution in [0.1, 0.15) is 85.7 Å². The van der Waals surface area contributed by atoms with Gasteiger partial charge in [-0.3, -0.25) is 9.97 Å². The van der Waals surface area contributed by atoms with Crippen molar-refractivity contribution in [2.75, 3.05) is 0 Å². The van der Waals surface area contributed by atoms with Gasteiger partial charge in [-0.1, -0.05) is 85.0 Å². The van der Waals surface area contributed by atoms with Gasteiger partial charge in [-0.2, -0.15) is 0 Å². The molecule has 0 spiro atoms. The summed E-state index contributed by atoms with van der Waals surface area (Å²) in [6.45, 7) is 0. The van der Waals surface area contributed by atoms with Gasteiger partial charge in [0, 0.05) is 82.5 Å². The SMILES string of the molecule is O=C([O-])C[C@@H](O)C[C@@H](O)/C=C/c1c(C2CC2)nc2ccccc2c1-c1ccc(F)cc1.O=C([O-])C[C@H](O)C[C@H](O)/C=C/c1c(C2CC2)nc2ccccc2c1-c1ccc(F)cc1.[Ca+2]. The van der Waals surface area contributed by atoms with Crippen molar-refractivity contribution in [3.63, 3.8) is 0 Å². The monoisotopic (exact) mass is 880 g/mol. The third-order valence-electron chi connectivity index (χ3n) is 10.9. The van der Waals surface area contributed by atoms with Crippen molar-refractivity contribution in [3.8, 4) is 22.3 Å². The zero-order valence-corrected chi connectivity index (χ0v) is 36.7. The number of para-hydroxylation sites is 2. The number of aliphatic hydroxyl groups is 4. The van der Waals surface area contributed by atoms with Gasteiger partial charge >= 0.3 is 37.7 Å². The van der Waals surface area contributed by atoms with Crippen LogP contribution in [0.25, 0.3) is 56.2 Å². The van der Waals surface area contributed by atoms with Crippen LogP contribution in [-0.2, 0) is 9.59 Å². The predicted molar refractivity (Wildman–Crippen MR) is 235 cm³/mol. The van der Waals surface area contributed by atoms with E-state index in [0.717, 1.165) is 92.3 Å². The Hall–Kier alpha value is -4.92. The number of carbonyl (C=O) groups excluding carboxylic acids is 2. The van der Waals surface area contributed by atoms with Gasteiger partial charge < -0.3 is 40.2 Å². The van der Waals surface area contributed by atoms with Crippen molar-refractivity contribution < 1.29 is 49.0 Å². The van der Waals surface area contributed by atoms with E-state index in [1.165, 1.54) is 24.3 Å². The Morgan fingerprint density at radius 3 is 1.27 bits per heavy atom. The second kappa shape index (κ2) is 21.6. The third kappa shape index (κ3) is 12.6. The first-order valence-electron chi connectivity index (χ1n) is 20.7. The standard InChI is InChI=1S/2C25H24FNO4.Ca/c2*26-17-9-7-15(8-10-17)24-20-3-1-2-4-22(20)27-25(16-5-6-16)21(24)12-11-18(28)13-19(29)14-23(30)31;/h2*1-4,7-12,16,18-19,28-29H,5-6,13-14H2,(H,30,31);/q;;+2/p-2/b2*12-11+;/t2*18-,19-;/m10./s1. The Bertz CT molecular complexity index is 2430. The fraction of sp³-hybridized carbons (Fsp3) is 0.280. The molecule has 0 radical (unpaired) electrons. The van der Waals surface area contributed by atoms with E-state index in [4.69, 9.17) is 9.97 Å². The van der Waals surface area contributed by atoms with Crippen LogP contribution in [0.15, 0.2) is 109 Å². The zero-order chi connectivity index (χ0) is 43.9. The normalized spacial score (nSPS) is 15.7. The number of halogens is 2. The van der Waals surface area contributed by atoms with E-state index in [-0.39, 0.29) is 62.2 Å². The number of carbonyl (C=O) groups is 2. The van der Waals surface area contributed by atoms with E-state index in [1.807, 2.05) is 48.5 Å². The molecule has 8 rings (SSSR count). The molecule has 2 aromatic heterocycles. The van der Waals surface area contributed by atoms with E-state index in [9.17, 15) is 49.0 Å². The number of aliphatic carboxylic acids is 2. The summed E-state index contributed by atoms with van der Waals surface area (Å²) in [5, 5.41) is 63.3. The van der Waals surface area contributed by atoms with E-state index in [2.05, 4.69) is 0 Å². The average Bonchev–Trinajstić information content (AvgIpc) is 4.17. The maximum atomic E-state index is 13.6. The number of pyridine rings is 2. The molecule has 4 atom stereocenters. The number of fused-ring (bicyclic) bond motifs is 2. The maximum absolute atomic E-state index is 13.6. The summed E-state index contributed by atoms with van der Waals surface area (Å²) in [5.41, 5.74) is 8.76. The molecule has 0 amide bonds. The van der Waals surface area contributed by atoms with Gasteiger partial charge in [0.15, 0.2) is 0 Å². The van der Waals surface area contributed by atoms with Crippen LogP contribution in [0.5, 0.6) is 0 Å². The summed E-state index contributed by atoms with van der Waals surface area (Å²) in [6, 6.07) is 28.1. The van der Waals surface area contributed by atoms with Crippen LogP contribution >= 0.6 is 0 Å². The smallest absolute Gasteiger partial charge is 0.550 e. The van der Waals surface area contributed by atoms with Crippen molar-refractivity contribution in [1.82, 2.24) is 9.97 Å². The van der Waals surface area contributed by atoms with E-state index < -0.39 is 49.2 Å². The van der Waals surface area contributed by atoms with Crippen molar-refractivity contribution in [2.45, 2.75) is 87.6 Å². The topological polar surface area (TPSA) is 187 Å². The van der Waals surface area contributed by atoms with E-state index >= 15 is 0 Å². The number of carboxylic acid groups (broad SMARTS) is 2. The predicted octanol–water partition coefficient (Wildman–Crippen LogP) is 5.99. The van der Waals surface area contributed by atoms with Crippen LogP contribution in [0.2, 0.25) is 0 Å². The number of aromatic nitrogens is 2. The van der Waals surface area contributed by atoms with Crippen LogP contribution < -0.4 is 10.2 Å². The van der Waals surface area contributed by atoms with Crippen LogP contribution in [0, 0.1) is 11.6 Å². The second-order valence-corrected chi connectivity index (χ2v) is 16.0. The van der Waals surface area contributed by atoms with Gasteiger partial charge in [0.1, 0.15) is 11.6 Å². The number of nitrogens with zero attached hydrogens (tertiary/aromatic N) is 2. The number of aliphatic hydroxyl groups excluding tert-OH is 4. The molecule has 0 unspecified atom stereocenters. The quantitative estimate of drug-likeness (QED) is 0.0843. The molecule has 13 heteroatoms. The molecule has 4 aromatic carbocycles. The number of hydrogen-bond acceptors (Lipinski definition) is 10. The molecule has 0 bridgehead atoms. The van der Waals surface area contributed by atoms with Gasteiger partial charge in [0.05, 0.1) is 46.8 Å². The fourth-order valence-corrected chi connectivity index (χ4v) is 7.70. The molecule has 4 N–H and O–H groups in total. The molecule has 6 aromatic rings. The summed E-state index contributed by atoms with van der Waals surface area (Å²) in [7, 11) is 0. The number of benzene rings is 4. The Morgan fingerprint density at radius 1 is 0.587 bits per heavy atom. The average molecular weight is 881 g/mol. The third-order valence-corrected chi connectivity index (χ3v) is 10.9. The Morgan fingerprint density at radius 2 is 0.937 bits per heavy atom. The fourth-order valence-electron chi connectivity index (χ4n) is 7.70. The first-order valence-corrected chi connectivity index (χ1v) is 20.7. The molecule has 0 saturated heterocycles. The van der Waals surface area contributed by atoms with Gasteiger partial charge in [0.2, 0.25) is 0 Å². The first kappa shape index (κ1) is 47.6. The number of carboxylic acids is 2. The first-order chi connectivity index (χ1) is 29.8. The van der Waals surface area contributed by atoms with Gasteiger partial charge in [-0.05, 0) is 73.2 Å². The molecule has 320 valence electrons. The van der Waals surface area contributed by atoms with Gasteiger partial charge in [-0.25, -0.2) is 8.78 Å². The van der Waals surface area contributed by atoms with Crippen molar-refractivity contribution in [2.24, 2.45) is 0 Å². The molecule has 10 nitrogen and oxygen atoms in total. The minimum absolute atomic E-state index is 0. The Balaban J connectivity index is 0.000000206. The summed E-state index contributed by atoms with van der Waals surface area (Å²) < 4.78 is 27.1. The number of rotatable bonds is 16. The summed E-state index contributed by atoms with van der Waals surface area (Å²) >= 11 is 0. The van der Waals surface area contributed by atoms with Crippen molar-refractivity contribution >= 4 is 83.6 Å². The summed E-state index contributed by atoms with van der Waals surface area (Å²) in [6.07, 6.45) is 5.02. The molecule has 2 fully saturated rings. The van der Waals surface area contributed by atoms with Crippen LogP contribution in [0.4, 0.5) is 8.78 Å².